The minimum atomic E-state index is -0.555. The molecule has 0 aliphatic rings. The molecule has 0 fully saturated rings. The van der Waals surface area contributed by atoms with Gasteiger partial charge in [-0.3, -0.25) is 4.79 Å². The molecule has 4 N–H and O–H groups in total. The van der Waals surface area contributed by atoms with Gasteiger partial charge in [-0.15, -0.1) is 11.3 Å². The van der Waals surface area contributed by atoms with E-state index in [9.17, 15) is 4.79 Å². The fourth-order valence-electron chi connectivity index (χ4n) is 0.932. The molecule has 0 aromatic carbocycles. The van der Waals surface area contributed by atoms with Crippen molar-refractivity contribution in [2.24, 2.45) is 5.73 Å². The summed E-state index contributed by atoms with van der Waals surface area (Å²) in [6, 6.07) is -0.159. The molecule has 0 saturated carbocycles. The smallest absolute Gasteiger partial charge is 0.270 e. The van der Waals surface area contributed by atoms with Crippen molar-refractivity contribution in [2.45, 2.75) is 26.0 Å². The summed E-state index contributed by atoms with van der Waals surface area (Å²) in [5.74, 6) is -0.279. The molecule has 15 heavy (non-hydrogen) atoms. The summed E-state index contributed by atoms with van der Waals surface area (Å²) in [5.41, 5.74) is 5.98. The average Bonchev–Trinajstić information content (AvgIpc) is 2.62. The van der Waals surface area contributed by atoms with Gasteiger partial charge in [-0.05, 0) is 13.8 Å². The summed E-state index contributed by atoms with van der Waals surface area (Å²) < 4.78 is 0. The molecule has 1 unspecified atom stereocenters. The maximum absolute atomic E-state index is 11.5. The van der Waals surface area contributed by atoms with E-state index in [2.05, 4.69) is 10.3 Å². The average molecular weight is 229 g/mol. The van der Waals surface area contributed by atoms with E-state index < -0.39 is 6.10 Å². The SMILES string of the molecule is CC(N)c1nc(C(=O)NC[C@H](C)O)cs1. The van der Waals surface area contributed by atoms with Crippen LogP contribution in [0.1, 0.15) is 35.4 Å². The van der Waals surface area contributed by atoms with Crippen LogP contribution < -0.4 is 11.1 Å². The third-order valence-electron chi connectivity index (χ3n) is 1.70. The van der Waals surface area contributed by atoms with Gasteiger partial charge in [0, 0.05) is 11.9 Å². The van der Waals surface area contributed by atoms with Crippen LogP contribution in [0, 0.1) is 0 Å². The molecule has 0 aliphatic carbocycles. The second-order valence-electron chi connectivity index (χ2n) is 3.42. The van der Waals surface area contributed by atoms with Crippen LogP contribution in [-0.4, -0.2) is 28.6 Å². The maximum Gasteiger partial charge on any atom is 0.270 e. The molecule has 0 bridgehead atoms. The Hall–Kier alpha value is -0.980. The number of nitrogens with one attached hydrogen (secondary N) is 1. The molecule has 0 spiro atoms. The highest BCUT2D eigenvalue weighted by Gasteiger charge is 2.12. The first-order chi connectivity index (χ1) is 7.00. The van der Waals surface area contributed by atoms with Gasteiger partial charge < -0.3 is 16.2 Å². The number of aliphatic hydroxyl groups is 1. The number of nitrogens with two attached hydrogens (primary N) is 1. The summed E-state index contributed by atoms with van der Waals surface area (Å²) in [4.78, 5) is 15.6. The lowest BCUT2D eigenvalue weighted by molar-refractivity contribution is 0.0919. The molecule has 1 amide bonds. The highest BCUT2D eigenvalue weighted by atomic mass is 32.1. The van der Waals surface area contributed by atoms with Crippen molar-refractivity contribution in [3.63, 3.8) is 0 Å². The van der Waals surface area contributed by atoms with E-state index in [4.69, 9.17) is 10.8 Å². The van der Waals surface area contributed by atoms with Crippen molar-refractivity contribution in [2.75, 3.05) is 6.54 Å². The number of aliphatic hydroxyl groups excluding tert-OH is 1. The Bertz CT molecular complexity index is 336. The number of thiazole rings is 1. The summed E-state index contributed by atoms with van der Waals surface area (Å²) in [7, 11) is 0. The van der Waals surface area contributed by atoms with E-state index >= 15 is 0 Å². The number of aromatic nitrogens is 1. The lowest BCUT2D eigenvalue weighted by Gasteiger charge is -2.04. The molecule has 0 saturated heterocycles. The van der Waals surface area contributed by atoms with Crippen LogP contribution >= 0.6 is 11.3 Å². The van der Waals surface area contributed by atoms with Crippen LogP contribution in [0.2, 0.25) is 0 Å². The second kappa shape index (κ2) is 5.20. The monoisotopic (exact) mass is 229 g/mol. The summed E-state index contributed by atoms with van der Waals surface area (Å²) in [6.07, 6.45) is -0.555. The standard InChI is InChI=1S/C9H15N3O2S/c1-5(13)3-11-8(14)7-4-15-9(12-7)6(2)10/h4-6,13H,3,10H2,1-2H3,(H,11,14)/t5-,6?/m0/s1. The number of carbonyl (C=O) groups is 1. The first-order valence-corrected chi connectivity index (χ1v) is 5.56. The Labute approximate surface area is 92.3 Å². The van der Waals surface area contributed by atoms with Gasteiger partial charge in [-0.25, -0.2) is 4.98 Å². The molecule has 1 heterocycles. The van der Waals surface area contributed by atoms with Gasteiger partial charge in [-0.1, -0.05) is 0 Å². The molecule has 1 aromatic rings. The number of carbonyl (C=O) groups excluding carboxylic acids is 1. The van der Waals surface area contributed by atoms with Crippen molar-refractivity contribution in [1.82, 2.24) is 10.3 Å². The number of nitrogens with zero attached hydrogens (tertiary/aromatic N) is 1. The number of hydrogen-bond donors (Lipinski definition) is 3. The highest BCUT2D eigenvalue weighted by molar-refractivity contribution is 7.09. The van der Waals surface area contributed by atoms with Gasteiger partial charge in [-0.2, -0.15) is 0 Å². The zero-order valence-electron chi connectivity index (χ0n) is 8.73. The molecular formula is C9H15N3O2S. The molecule has 6 heteroatoms. The lowest BCUT2D eigenvalue weighted by atomic mass is 10.3. The molecule has 0 aliphatic heterocycles. The minimum absolute atomic E-state index is 0.159. The van der Waals surface area contributed by atoms with Crippen molar-refractivity contribution in [3.05, 3.63) is 16.1 Å². The first kappa shape index (κ1) is 12.1. The topological polar surface area (TPSA) is 88.2 Å². The third kappa shape index (κ3) is 3.58. The minimum Gasteiger partial charge on any atom is -0.392 e. The highest BCUT2D eigenvalue weighted by Crippen LogP contribution is 2.15. The van der Waals surface area contributed by atoms with Crippen LogP contribution in [0.3, 0.4) is 0 Å². The van der Waals surface area contributed by atoms with Gasteiger partial charge in [0.15, 0.2) is 0 Å². The van der Waals surface area contributed by atoms with Gasteiger partial charge in [0.2, 0.25) is 0 Å². The third-order valence-corrected chi connectivity index (χ3v) is 2.75. The Kier molecular flexibility index (Phi) is 4.19. The zero-order chi connectivity index (χ0) is 11.4. The van der Waals surface area contributed by atoms with E-state index in [1.807, 2.05) is 6.92 Å². The van der Waals surface area contributed by atoms with E-state index in [0.29, 0.717) is 5.69 Å². The van der Waals surface area contributed by atoms with Gasteiger partial charge in [0.25, 0.3) is 5.91 Å². The van der Waals surface area contributed by atoms with E-state index in [1.165, 1.54) is 11.3 Å². The molecule has 0 radical (unpaired) electrons. The van der Waals surface area contributed by atoms with Crippen molar-refractivity contribution < 1.29 is 9.90 Å². The van der Waals surface area contributed by atoms with Crippen LogP contribution in [0.4, 0.5) is 0 Å². The number of amides is 1. The summed E-state index contributed by atoms with van der Waals surface area (Å²) in [5, 5.41) is 14.0. The fraction of sp³-hybridized carbons (Fsp3) is 0.556. The van der Waals surface area contributed by atoms with Crippen LogP contribution in [0.25, 0.3) is 0 Å². The van der Waals surface area contributed by atoms with Crippen LogP contribution in [0.15, 0.2) is 5.38 Å². The maximum atomic E-state index is 11.5. The molecule has 84 valence electrons. The molecule has 1 rings (SSSR count). The zero-order valence-corrected chi connectivity index (χ0v) is 9.54. The van der Waals surface area contributed by atoms with Gasteiger partial charge in [0.1, 0.15) is 10.7 Å². The normalized spacial score (nSPS) is 14.7. The Morgan fingerprint density at radius 3 is 2.87 bits per heavy atom. The Balaban J connectivity index is 2.58. The van der Waals surface area contributed by atoms with Crippen LogP contribution in [-0.2, 0) is 0 Å². The molecule has 2 atom stereocenters. The van der Waals surface area contributed by atoms with Crippen LogP contribution in [0.5, 0.6) is 0 Å². The molecule has 1 aromatic heterocycles. The lowest BCUT2D eigenvalue weighted by Crippen LogP contribution is -2.30. The van der Waals surface area contributed by atoms with Crippen molar-refractivity contribution in [1.29, 1.82) is 0 Å². The van der Waals surface area contributed by atoms with Gasteiger partial charge in [0.05, 0.1) is 12.1 Å². The quantitative estimate of drug-likeness (QED) is 0.691. The second-order valence-corrected chi connectivity index (χ2v) is 4.31. The molecular weight excluding hydrogens is 214 g/mol. The van der Waals surface area contributed by atoms with E-state index in [1.54, 1.807) is 12.3 Å². The van der Waals surface area contributed by atoms with Gasteiger partial charge >= 0.3 is 0 Å². The van der Waals surface area contributed by atoms with E-state index in [-0.39, 0.29) is 18.5 Å². The Morgan fingerprint density at radius 1 is 1.73 bits per heavy atom. The number of hydrogen-bond acceptors (Lipinski definition) is 5. The fourth-order valence-corrected chi connectivity index (χ4v) is 1.69. The van der Waals surface area contributed by atoms with Crippen molar-refractivity contribution in [3.8, 4) is 0 Å². The summed E-state index contributed by atoms with van der Waals surface area (Å²) >= 11 is 1.36. The van der Waals surface area contributed by atoms with E-state index in [0.717, 1.165) is 5.01 Å². The summed E-state index contributed by atoms with van der Waals surface area (Å²) in [6.45, 7) is 3.65. The largest absolute Gasteiger partial charge is 0.392 e. The first-order valence-electron chi connectivity index (χ1n) is 4.68. The predicted octanol–water partition coefficient (Wildman–Crippen LogP) is 0.273. The Morgan fingerprint density at radius 2 is 2.40 bits per heavy atom. The number of rotatable bonds is 4. The van der Waals surface area contributed by atoms with Crippen molar-refractivity contribution >= 4 is 17.2 Å². The predicted molar refractivity (Wildman–Crippen MR) is 58.7 cm³/mol. The molecule has 5 nitrogen and oxygen atoms in total.